The predicted octanol–water partition coefficient (Wildman–Crippen LogP) is 21.4. The van der Waals surface area contributed by atoms with E-state index in [1.54, 1.807) is 0 Å². The summed E-state index contributed by atoms with van der Waals surface area (Å²) in [7, 11) is 0. The summed E-state index contributed by atoms with van der Waals surface area (Å²) in [4.78, 5) is 4.72. The lowest BCUT2D eigenvalue weighted by molar-refractivity contribution is 1.02. The minimum absolute atomic E-state index is 1.06. The van der Waals surface area contributed by atoms with Gasteiger partial charge in [0.25, 0.3) is 0 Å². The summed E-state index contributed by atoms with van der Waals surface area (Å²) >= 11 is 0. The molecule has 14 rings (SSSR count). The molecule has 6 nitrogen and oxygen atoms in total. The second-order valence-corrected chi connectivity index (χ2v) is 22.1. The lowest BCUT2D eigenvalue weighted by Gasteiger charge is -2.27. The summed E-state index contributed by atoms with van der Waals surface area (Å²) in [5, 5.41) is 0. The first-order valence-electron chi connectivity index (χ1n) is 29.5. The van der Waals surface area contributed by atoms with Gasteiger partial charge in [0.05, 0.1) is 22.8 Å². The molecule has 0 aliphatic carbocycles. The van der Waals surface area contributed by atoms with Gasteiger partial charge in [0.15, 0.2) is 0 Å². The molecule has 0 radical (unpaired) electrons. The van der Waals surface area contributed by atoms with E-state index in [2.05, 4.69) is 371 Å². The normalized spacial score (nSPS) is 11.3. The molecule has 10 aromatic carbocycles. The van der Waals surface area contributed by atoms with Crippen LogP contribution in [0.25, 0.3) is 78.9 Å². The monoisotopic (exact) mass is 1110 g/mol. The first-order chi connectivity index (χ1) is 42.3. The van der Waals surface area contributed by atoms with Crippen molar-refractivity contribution in [1.29, 1.82) is 0 Å². The second-order valence-electron chi connectivity index (χ2n) is 22.1. The molecule has 0 N–H and O–H groups in total. The largest absolute Gasteiger partial charge is 0.314 e. The number of aryl methyl sites for hydroxylation is 4. The van der Waals surface area contributed by atoms with Crippen molar-refractivity contribution in [2.45, 2.75) is 27.7 Å². The maximum absolute atomic E-state index is 2.36. The quantitative estimate of drug-likeness (QED) is 0.102. The Hall–Kier alpha value is -11.1. The van der Waals surface area contributed by atoms with Gasteiger partial charge in [0.2, 0.25) is 0 Å². The topological polar surface area (TPSA) is 26.2 Å². The molecule has 0 unspecified atom stereocenters. The van der Waals surface area contributed by atoms with Crippen molar-refractivity contribution < 1.29 is 0 Å². The Morgan fingerprint density at radius 3 is 0.535 bits per heavy atom. The van der Waals surface area contributed by atoms with Crippen LogP contribution in [0.15, 0.2) is 315 Å². The van der Waals surface area contributed by atoms with E-state index in [-0.39, 0.29) is 0 Å². The van der Waals surface area contributed by atoms with Gasteiger partial charge in [0, 0.05) is 79.6 Å². The first-order valence-corrected chi connectivity index (χ1v) is 29.5. The Labute approximate surface area is 504 Å². The van der Waals surface area contributed by atoms with Crippen LogP contribution in [0.4, 0.5) is 34.1 Å². The predicted molar refractivity (Wildman–Crippen MR) is 359 cm³/mol. The van der Waals surface area contributed by atoms with Crippen molar-refractivity contribution in [3.05, 3.63) is 338 Å². The highest BCUT2D eigenvalue weighted by molar-refractivity contribution is 5.84. The zero-order chi connectivity index (χ0) is 58.1. The highest BCUT2D eigenvalue weighted by Gasteiger charge is 2.20. The summed E-state index contributed by atoms with van der Waals surface area (Å²) < 4.78 is 9.32. The van der Waals surface area contributed by atoms with Crippen molar-refractivity contribution >= 4 is 34.1 Å². The third kappa shape index (κ3) is 10.1. The van der Waals surface area contributed by atoms with Crippen LogP contribution >= 0.6 is 0 Å². The number of hydrogen-bond donors (Lipinski definition) is 0. The van der Waals surface area contributed by atoms with Gasteiger partial charge in [-0.2, -0.15) is 0 Å². The SMILES string of the molecule is Cc1ccc(-c2ccc(N(c3ccc(-c4ccc(N(c5ccc(-c6ccc(C)n6-c6ccccc6)cc5)c5ccc(-c6ccc(C)n6-c6ccccc6)cc5)cc4)cc3)c3ccc(-c4ccc(C)n4-c4ccccc4)cc3)cc2)n1-c1ccccc1. The molecule has 0 fully saturated rings. The number of hydrogen-bond acceptors (Lipinski definition) is 2. The van der Waals surface area contributed by atoms with Gasteiger partial charge in [-0.05, 0) is 231 Å². The minimum Gasteiger partial charge on any atom is -0.314 e. The lowest BCUT2D eigenvalue weighted by Crippen LogP contribution is -2.10. The standard InChI is InChI=1S/C80H64N6/c1-57-25-53-77(81(57)67-17-9-5-10-18-67)63-33-45-73(46-34-63)85(74-47-35-64(36-48-74)78-54-26-58(2)82(78)68-19-11-6-12-20-68)71-41-29-61(30-42-71)62-31-43-72(44-32-62)86(75-49-37-65(38-50-75)79-55-27-59(3)83(79)69-21-13-7-14-22-69)76-51-39-66(40-52-76)80-56-28-60(4)84(80)70-23-15-8-16-24-70/h5-56H,1-4H3. The summed E-state index contributed by atoms with van der Waals surface area (Å²) in [5.41, 5.74) is 27.2. The van der Waals surface area contributed by atoms with Crippen LogP contribution in [0, 0.1) is 27.7 Å². The van der Waals surface area contributed by atoms with Crippen LogP contribution < -0.4 is 9.80 Å². The van der Waals surface area contributed by atoms with Crippen molar-refractivity contribution in [2.24, 2.45) is 0 Å². The first kappa shape index (κ1) is 53.0. The maximum atomic E-state index is 2.36. The number of rotatable bonds is 15. The summed E-state index contributed by atoms with van der Waals surface area (Å²) in [6, 6.07) is 114. The molecule has 4 aromatic heterocycles. The number of anilines is 6. The van der Waals surface area contributed by atoms with E-state index in [0.717, 1.165) is 113 Å². The molecular weight excluding hydrogens is 1040 g/mol. The molecule has 0 saturated carbocycles. The fourth-order valence-corrected chi connectivity index (χ4v) is 12.4. The van der Waals surface area contributed by atoms with Gasteiger partial charge < -0.3 is 28.1 Å². The molecular formula is C80H64N6. The molecule has 414 valence electrons. The molecule has 0 bridgehead atoms. The molecule has 14 aromatic rings. The van der Waals surface area contributed by atoms with E-state index >= 15 is 0 Å². The number of aromatic nitrogens is 4. The van der Waals surface area contributed by atoms with Gasteiger partial charge in [-0.15, -0.1) is 0 Å². The molecule has 0 saturated heterocycles. The summed E-state index contributed by atoms with van der Waals surface area (Å²) in [5.74, 6) is 0. The van der Waals surface area contributed by atoms with E-state index in [1.165, 1.54) is 22.8 Å². The third-order valence-electron chi connectivity index (χ3n) is 16.6. The molecule has 0 amide bonds. The van der Waals surface area contributed by atoms with E-state index in [1.807, 2.05) is 0 Å². The fourth-order valence-electron chi connectivity index (χ4n) is 12.4. The van der Waals surface area contributed by atoms with Crippen LogP contribution in [-0.2, 0) is 0 Å². The van der Waals surface area contributed by atoms with Crippen molar-refractivity contribution in [1.82, 2.24) is 18.3 Å². The van der Waals surface area contributed by atoms with Crippen molar-refractivity contribution in [3.63, 3.8) is 0 Å². The Bertz CT molecular complexity index is 4040. The Balaban J connectivity index is 0.800. The van der Waals surface area contributed by atoms with Crippen LogP contribution in [0.3, 0.4) is 0 Å². The van der Waals surface area contributed by atoms with E-state index in [0.29, 0.717) is 0 Å². The molecule has 0 aliphatic heterocycles. The fraction of sp³-hybridized carbons (Fsp3) is 0.0500. The highest BCUT2D eigenvalue weighted by atomic mass is 15.1. The van der Waals surface area contributed by atoms with Gasteiger partial charge in [-0.25, -0.2) is 0 Å². The highest BCUT2D eigenvalue weighted by Crippen LogP contribution is 2.42. The Morgan fingerprint density at radius 2 is 0.349 bits per heavy atom. The van der Waals surface area contributed by atoms with E-state index < -0.39 is 0 Å². The van der Waals surface area contributed by atoms with Crippen molar-refractivity contribution in [3.8, 4) is 78.9 Å². The van der Waals surface area contributed by atoms with E-state index in [4.69, 9.17) is 0 Å². The Kier molecular flexibility index (Phi) is 14.1. The average molecular weight is 1110 g/mol. The molecule has 6 heteroatoms. The molecule has 86 heavy (non-hydrogen) atoms. The van der Waals surface area contributed by atoms with Gasteiger partial charge >= 0.3 is 0 Å². The number of benzene rings is 10. The second kappa shape index (κ2) is 22.9. The van der Waals surface area contributed by atoms with Gasteiger partial charge in [0.1, 0.15) is 0 Å². The molecule has 0 atom stereocenters. The zero-order valence-electron chi connectivity index (χ0n) is 48.7. The van der Waals surface area contributed by atoms with Crippen LogP contribution in [0.5, 0.6) is 0 Å². The zero-order valence-corrected chi connectivity index (χ0v) is 48.7. The van der Waals surface area contributed by atoms with Crippen LogP contribution in [0.2, 0.25) is 0 Å². The van der Waals surface area contributed by atoms with Gasteiger partial charge in [-0.3, -0.25) is 0 Å². The van der Waals surface area contributed by atoms with Crippen LogP contribution in [0.1, 0.15) is 22.8 Å². The summed E-state index contributed by atoms with van der Waals surface area (Å²) in [6.45, 7) is 8.67. The number of para-hydroxylation sites is 4. The summed E-state index contributed by atoms with van der Waals surface area (Å²) in [6.07, 6.45) is 0. The number of nitrogens with zero attached hydrogens (tertiary/aromatic N) is 6. The molecule has 0 aliphatic rings. The smallest absolute Gasteiger partial charge is 0.0531 e. The average Bonchev–Trinajstić information content (AvgIpc) is 3.21. The minimum atomic E-state index is 1.06. The molecule has 4 heterocycles. The third-order valence-corrected chi connectivity index (χ3v) is 16.6. The van der Waals surface area contributed by atoms with Crippen LogP contribution in [-0.4, -0.2) is 18.3 Å². The van der Waals surface area contributed by atoms with Crippen molar-refractivity contribution in [2.75, 3.05) is 9.80 Å². The maximum Gasteiger partial charge on any atom is 0.0531 e. The molecule has 0 spiro atoms. The Morgan fingerprint density at radius 1 is 0.174 bits per heavy atom. The van der Waals surface area contributed by atoms with E-state index in [9.17, 15) is 0 Å². The van der Waals surface area contributed by atoms with Gasteiger partial charge in [-0.1, -0.05) is 146 Å². The lowest BCUT2D eigenvalue weighted by atomic mass is 10.0.